The SMILES string of the molecule is CCCCC1=Cc2c(-c3ccccc3CCC)cccc2[CH]1[Hf]([c]1cccc2c1[SiH2]c1ccccc1-2)[CH]1C(CCCC)=Cc2c(-c3ccccc3CCC)cccc21. The zero-order valence-electron chi connectivity index (χ0n) is 35.2. The van der Waals surface area contributed by atoms with E-state index >= 15 is 0 Å². The summed E-state index contributed by atoms with van der Waals surface area (Å²) in [6.45, 7) is 9.41. The molecule has 0 fully saturated rings. The molecule has 2 atom stereocenters. The Morgan fingerprint density at radius 2 is 0.897 bits per heavy atom. The van der Waals surface area contributed by atoms with Crippen molar-refractivity contribution in [2.45, 2.75) is 99.3 Å². The topological polar surface area (TPSA) is 0 Å². The van der Waals surface area contributed by atoms with Gasteiger partial charge in [-0.05, 0) is 0 Å². The first-order chi connectivity index (χ1) is 28.6. The summed E-state index contributed by atoms with van der Waals surface area (Å²) >= 11 is -3.12. The molecule has 1 aliphatic heterocycles. The predicted molar refractivity (Wildman–Crippen MR) is 252 cm³/mol. The summed E-state index contributed by atoms with van der Waals surface area (Å²) in [6.07, 6.45) is 17.4. The van der Waals surface area contributed by atoms with Crippen LogP contribution in [0.25, 0.3) is 45.5 Å². The maximum atomic E-state index is 2.73. The van der Waals surface area contributed by atoms with Gasteiger partial charge in [0.15, 0.2) is 0 Å². The number of benzene rings is 6. The van der Waals surface area contributed by atoms with Crippen LogP contribution in [-0.2, 0) is 34.3 Å². The van der Waals surface area contributed by atoms with Gasteiger partial charge in [-0.15, -0.1) is 0 Å². The van der Waals surface area contributed by atoms with Crippen LogP contribution >= 0.6 is 0 Å². The average molecular weight is 939 g/mol. The molecule has 6 aromatic rings. The quantitative estimate of drug-likeness (QED) is 0.0899. The van der Waals surface area contributed by atoms with Gasteiger partial charge in [-0.25, -0.2) is 0 Å². The third kappa shape index (κ3) is 7.17. The molecule has 2 heteroatoms. The van der Waals surface area contributed by atoms with Crippen LogP contribution < -0.4 is 13.7 Å². The zero-order chi connectivity index (χ0) is 39.6. The van der Waals surface area contributed by atoms with Crippen LogP contribution in [0.2, 0.25) is 0 Å². The average Bonchev–Trinajstić information content (AvgIpc) is 3.95. The minimum atomic E-state index is -3.12. The van der Waals surface area contributed by atoms with Crippen molar-refractivity contribution < 1.29 is 21.4 Å². The third-order valence-corrected chi connectivity index (χ3v) is 30.0. The molecule has 0 N–H and O–H groups in total. The molecule has 0 amide bonds. The van der Waals surface area contributed by atoms with E-state index < -0.39 is 31.0 Å². The van der Waals surface area contributed by atoms with Crippen molar-refractivity contribution in [2.75, 3.05) is 0 Å². The Morgan fingerprint density at radius 1 is 0.431 bits per heavy atom. The van der Waals surface area contributed by atoms with E-state index in [1.54, 1.807) is 38.2 Å². The Morgan fingerprint density at radius 3 is 1.43 bits per heavy atom. The molecule has 0 spiro atoms. The zero-order valence-corrected chi connectivity index (χ0v) is 40.2. The summed E-state index contributed by atoms with van der Waals surface area (Å²) in [5, 5.41) is 3.42. The van der Waals surface area contributed by atoms with Crippen LogP contribution in [0, 0.1) is 0 Å². The van der Waals surface area contributed by atoms with Gasteiger partial charge in [0, 0.05) is 0 Å². The van der Waals surface area contributed by atoms with Crippen molar-refractivity contribution in [1.29, 1.82) is 0 Å². The van der Waals surface area contributed by atoms with E-state index in [1.165, 1.54) is 88.6 Å². The van der Waals surface area contributed by atoms with E-state index in [0.717, 1.165) is 25.7 Å². The maximum absolute atomic E-state index is 3.12. The molecule has 2 unspecified atom stereocenters. The minimum absolute atomic E-state index is 0.519. The number of fused-ring (bicyclic) bond motifs is 5. The number of allylic oxidation sites excluding steroid dienone is 2. The summed E-state index contributed by atoms with van der Waals surface area (Å²) < 4.78 is 2.87. The third-order valence-electron chi connectivity index (χ3n) is 13.4. The summed E-state index contributed by atoms with van der Waals surface area (Å²) in [7, 11) is -0.610. The van der Waals surface area contributed by atoms with Crippen LogP contribution in [0.4, 0.5) is 0 Å². The molecule has 0 saturated heterocycles. The van der Waals surface area contributed by atoms with E-state index in [1.807, 2.05) is 3.32 Å². The van der Waals surface area contributed by atoms with Crippen LogP contribution in [0.1, 0.15) is 120 Å². The van der Waals surface area contributed by atoms with Crippen molar-refractivity contribution in [3.05, 3.63) is 172 Å². The molecular formula is C56H59HfSi. The second kappa shape index (κ2) is 17.6. The second-order valence-corrected chi connectivity index (χ2v) is 28.2. The molecule has 291 valence electrons. The fourth-order valence-electron chi connectivity index (χ4n) is 10.8. The van der Waals surface area contributed by atoms with E-state index in [4.69, 9.17) is 0 Å². The summed E-state index contributed by atoms with van der Waals surface area (Å²) in [4.78, 5) is 0. The summed E-state index contributed by atoms with van der Waals surface area (Å²) in [6, 6.07) is 50.4. The van der Waals surface area contributed by atoms with E-state index in [9.17, 15) is 0 Å². The standard InChI is InChI=1S/2C22H25.C12H9Si.Hf/c2*1-3-5-10-17-15-19-12-8-14-21(22(19)16-17)20-13-7-6-11-18(20)9-4-2;1-3-7-11-9(5-1)10-6-2-4-8-12(10)13-11;/h2*6-8,11-16H,3-5,9-10H2,1-2H3;1-7H,13H2;. The van der Waals surface area contributed by atoms with E-state index in [0.29, 0.717) is 7.35 Å². The number of unbranched alkanes of at least 4 members (excludes halogenated alkanes) is 2. The van der Waals surface area contributed by atoms with Gasteiger partial charge in [0.05, 0.1) is 0 Å². The Balaban J connectivity index is 1.30. The Kier molecular flexibility index (Phi) is 12.0. The molecule has 2 aliphatic carbocycles. The first kappa shape index (κ1) is 39.4. The van der Waals surface area contributed by atoms with Crippen LogP contribution in [0.15, 0.2) is 139 Å². The molecule has 0 nitrogen and oxygen atoms in total. The molecule has 1 heterocycles. The molecule has 0 aromatic heterocycles. The van der Waals surface area contributed by atoms with Gasteiger partial charge in [-0.2, -0.15) is 0 Å². The fourth-order valence-corrected chi connectivity index (χ4v) is 30.3. The van der Waals surface area contributed by atoms with Gasteiger partial charge in [-0.1, -0.05) is 0 Å². The molecule has 0 radical (unpaired) electrons. The van der Waals surface area contributed by atoms with Crippen LogP contribution in [-0.4, -0.2) is 9.52 Å². The predicted octanol–water partition coefficient (Wildman–Crippen LogP) is 12.9. The first-order valence-electron chi connectivity index (χ1n) is 22.6. The Hall–Kier alpha value is -4.11. The Labute approximate surface area is 358 Å². The van der Waals surface area contributed by atoms with Gasteiger partial charge in [0.2, 0.25) is 0 Å². The molecule has 9 rings (SSSR count). The van der Waals surface area contributed by atoms with Crippen LogP contribution in [0.5, 0.6) is 0 Å². The van der Waals surface area contributed by atoms with Crippen molar-refractivity contribution in [3.8, 4) is 33.4 Å². The second-order valence-electron chi connectivity index (χ2n) is 17.1. The molecule has 0 saturated carbocycles. The molecule has 0 bridgehead atoms. The van der Waals surface area contributed by atoms with Crippen LogP contribution in [0.3, 0.4) is 0 Å². The molecule has 6 aromatic carbocycles. The monoisotopic (exact) mass is 939 g/mol. The van der Waals surface area contributed by atoms with Crippen molar-refractivity contribution in [3.63, 3.8) is 0 Å². The number of hydrogen-bond acceptors (Lipinski definition) is 0. The van der Waals surface area contributed by atoms with Crippen molar-refractivity contribution >= 4 is 35.4 Å². The van der Waals surface area contributed by atoms with E-state index in [-0.39, 0.29) is 0 Å². The molecular weight excluding hydrogens is 879 g/mol. The first-order valence-corrected chi connectivity index (χ1v) is 29.9. The molecule has 58 heavy (non-hydrogen) atoms. The fraction of sp³-hybridized carbons (Fsp3) is 0.286. The van der Waals surface area contributed by atoms with E-state index in [2.05, 4.69) is 167 Å². The summed E-state index contributed by atoms with van der Waals surface area (Å²) in [5.41, 5.74) is 21.6. The Bertz CT molecular complexity index is 2390. The number of aryl methyl sites for hydroxylation is 2. The van der Waals surface area contributed by atoms with Gasteiger partial charge < -0.3 is 0 Å². The van der Waals surface area contributed by atoms with Crippen molar-refractivity contribution in [1.82, 2.24) is 0 Å². The summed E-state index contributed by atoms with van der Waals surface area (Å²) in [5.74, 6) is 0. The van der Waals surface area contributed by atoms with Gasteiger partial charge >= 0.3 is 361 Å². The number of hydrogen-bond donors (Lipinski definition) is 0. The normalized spacial score (nSPS) is 16.5. The van der Waals surface area contributed by atoms with Crippen molar-refractivity contribution in [2.24, 2.45) is 0 Å². The van der Waals surface area contributed by atoms with Gasteiger partial charge in [0.1, 0.15) is 0 Å². The van der Waals surface area contributed by atoms with Gasteiger partial charge in [0.25, 0.3) is 0 Å². The van der Waals surface area contributed by atoms with Gasteiger partial charge in [-0.3, -0.25) is 0 Å². The molecule has 3 aliphatic rings. The number of rotatable bonds is 15.